The smallest absolute Gasteiger partial charge is 0.138 e. The minimum absolute atomic E-state index is 0.132. The van der Waals surface area contributed by atoms with Crippen molar-refractivity contribution < 1.29 is 9.13 Å². The van der Waals surface area contributed by atoms with Crippen LogP contribution in [0.3, 0.4) is 0 Å². The Morgan fingerprint density at radius 2 is 2.14 bits per heavy atom. The molecule has 0 unspecified atom stereocenters. The van der Waals surface area contributed by atoms with E-state index in [-0.39, 0.29) is 18.0 Å². The van der Waals surface area contributed by atoms with Crippen LogP contribution in [0.5, 0.6) is 5.75 Å². The van der Waals surface area contributed by atoms with Gasteiger partial charge in [-0.05, 0) is 31.0 Å². The average Bonchev–Trinajstić information content (AvgIpc) is 2.06. The molecule has 14 heavy (non-hydrogen) atoms. The van der Waals surface area contributed by atoms with E-state index in [1.54, 1.807) is 6.07 Å². The summed E-state index contributed by atoms with van der Waals surface area (Å²) >= 11 is 5.79. The molecule has 0 atom stereocenters. The molecule has 0 amide bonds. The first-order valence-corrected chi connectivity index (χ1v) is 4.90. The van der Waals surface area contributed by atoms with E-state index in [4.69, 9.17) is 22.1 Å². The lowest BCUT2D eigenvalue weighted by molar-refractivity contribution is 0.101. The number of halogens is 2. The Kier molecular flexibility index (Phi) is 2.61. The molecule has 1 aromatic rings. The molecule has 1 fully saturated rings. The molecule has 1 saturated carbocycles. The SMILES string of the molecule is NC1CC(Oc2ccc(F)cc2Cl)C1. The van der Waals surface area contributed by atoms with E-state index in [2.05, 4.69) is 0 Å². The van der Waals surface area contributed by atoms with Gasteiger partial charge in [0.25, 0.3) is 0 Å². The van der Waals surface area contributed by atoms with Gasteiger partial charge in [0.1, 0.15) is 17.7 Å². The molecule has 0 saturated heterocycles. The summed E-state index contributed by atoms with van der Waals surface area (Å²) in [6.07, 6.45) is 1.81. The molecule has 0 heterocycles. The van der Waals surface area contributed by atoms with Crippen LogP contribution in [0.15, 0.2) is 18.2 Å². The fourth-order valence-corrected chi connectivity index (χ4v) is 1.66. The minimum atomic E-state index is -0.354. The maximum absolute atomic E-state index is 12.7. The molecule has 1 aromatic carbocycles. The summed E-state index contributed by atoms with van der Waals surface area (Å²) in [7, 11) is 0. The number of hydrogen-bond acceptors (Lipinski definition) is 2. The second-order valence-electron chi connectivity index (χ2n) is 3.55. The zero-order valence-corrected chi connectivity index (χ0v) is 8.30. The van der Waals surface area contributed by atoms with E-state index in [0.29, 0.717) is 10.8 Å². The highest BCUT2D eigenvalue weighted by Crippen LogP contribution is 2.30. The lowest BCUT2D eigenvalue weighted by atomic mass is 9.90. The van der Waals surface area contributed by atoms with Crippen molar-refractivity contribution >= 4 is 11.6 Å². The summed E-state index contributed by atoms with van der Waals surface area (Å²) in [6.45, 7) is 0. The summed E-state index contributed by atoms with van der Waals surface area (Å²) < 4.78 is 18.2. The van der Waals surface area contributed by atoms with Crippen molar-refractivity contribution in [2.45, 2.75) is 25.0 Å². The standard InChI is InChI=1S/C10H11ClFNO/c11-9-3-6(12)1-2-10(9)14-8-4-7(13)5-8/h1-3,7-8H,4-5,13H2. The summed E-state index contributed by atoms with van der Waals surface area (Å²) in [5, 5.41) is 0.311. The van der Waals surface area contributed by atoms with E-state index in [1.807, 2.05) is 0 Å². The Labute approximate surface area is 86.8 Å². The highest BCUT2D eigenvalue weighted by atomic mass is 35.5. The van der Waals surface area contributed by atoms with Crippen molar-refractivity contribution in [3.05, 3.63) is 29.0 Å². The third kappa shape index (κ3) is 1.99. The molecule has 0 aliphatic heterocycles. The minimum Gasteiger partial charge on any atom is -0.489 e. The van der Waals surface area contributed by atoms with Gasteiger partial charge >= 0.3 is 0 Å². The maximum Gasteiger partial charge on any atom is 0.138 e. The molecule has 0 aromatic heterocycles. The number of hydrogen-bond donors (Lipinski definition) is 1. The van der Waals surface area contributed by atoms with Crippen LogP contribution in [0.25, 0.3) is 0 Å². The zero-order valence-electron chi connectivity index (χ0n) is 7.54. The van der Waals surface area contributed by atoms with Gasteiger partial charge in [-0.15, -0.1) is 0 Å². The van der Waals surface area contributed by atoms with Crippen molar-refractivity contribution in [1.29, 1.82) is 0 Å². The number of ether oxygens (including phenoxy) is 1. The van der Waals surface area contributed by atoms with E-state index >= 15 is 0 Å². The molecule has 2 nitrogen and oxygen atoms in total. The monoisotopic (exact) mass is 215 g/mol. The van der Waals surface area contributed by atoms with E-state index in [9.17, 15) is 4.39 Å². The molecule has 0 bridgehead atoms. The normalized spacial score (nSPS) is 25.6. The van der Waals surface area contributed by atoms with Gasteiger partial charge in [-0.3, -0.25) is 0 Å². The largest absolute Gasteiger partial charge is 0.489 e. The van der Waals surface area contributed by atoms with Crippen molar-refractivity contribution in [3.8, 4) is 5.75 Å². The average molecular weight is 216 g/mol. The van der Waals surface area contributed by atoms with Crippen molar-refractivity contribution in [1.82, 2.24) is 0 Å². The van der Waals surface area contributed by atoms with Crippen molar-refractivity contribution in [3.63, 3.8) is 0 Å². The van der Waals surface area contributed by atoms with Crippen LogP contribution in [-0.4, -0.2) is 12.1 Å². The number of benzene rings is 1. The van der Waals surface area contributed by atoms with Gasteiger partial charge in [0, 0.05) is 6.04 Å². The van der Waals surface area contributed by atoms with Gasteiger partial charge in [-0.25, -0.2) is 4.39 Å². The molecular formula is C10H11ClFNO. The van der Waals surface area contributed by atoms with Crippen LogP contribution < -0.4 is 10.5 Å². The fraction of sp³-hybridized carbons (Fsp3) is 0.400. The second kappa shape index (κ2) is 3.75. The van der Waals surface area contributed by atoms with Crippen LogP contribution in [0, 0.1) is 5.82 Å². The molecular weight excluding hydrogens is 205 g/mol. The summed E-state index contributed by atoms with van der Waals surface area (Å²) in [5.41, 5.74) is 5.61. The van der Waals surface area contributed by atoms with E-state index in [0.717, 1.165) is 12.8 Å². The molecule has 4 heteroatoms. The second-order valence-corrected chi connectivity index (χ2v) is 3.95. The third-order valence-corrected chi connectivity index (χ3v) is 2.61. The Hall–Kier alpha value is -0.800. The first kappa shape index (κ1) is 9.74. The van der Waals surface area contributed by atoms with Crippen molar-refractivity contribution in [2.75, 3.05) is 0 Å². The molecule has 0 spiro atoms. The van der Waals surface area contributed by atoms with Crippen LogP contribution in [0.2, 0.25) is 5.02 Å². The van der Waals surface area contributed by atoms with Crippen LogP contribution in [0.1, 0.15) is 12.8 Å². The summed E-state index contributed by atoms with van der Waals surface area (Å²) in [6, 6.07) is 4.36. The molecule has 0 radical (unpaired) electrons. The quantitative estimate of drug-likeness (QED) is 0.822. The zero-order chi connectivity index (χ0) is 10.1. The lowest BCUT2D eigenvalue weighted by Crippen LogP contribution is -2.43. The van der Waals surface area contributed by atoms with Crippen LogP contribution in [0.4, 0.5) is 4.39 Å². The fourth-order valence-electron chi connectivity index (χ4n) is 1.45. The van der Waals surface area contributed by atoms with E-state index in [1.165, 1.54) is 12.1 Å². The van der Waals surface area contributed by atoms with Gasteiger partial charge in [-0.1, -0.05) is 11.6 Å². The van der Waals surface area contributed by atoms with Crippen LogP contribution in [-0.2, 0) is 0 Å². The first-order valence-electron chi connectivity index (χ1n) is 4.52. The van der Waals surface area contributed by atoms with Gasteiger partial charge in [-0.2, -0.15) is 0 Å². The third-order valence-electron chi connectivity index (χ3n) is 2.32. The van der Waals surface area contributed by atoms with Crippen molar-refractivity contribution in [2.24, 2.45) is 5.73 Å². The Balaban J connectivity index is 2.02. The maximum atomic E-state index is 12.7. The van der Waals surface area contributed by atoms with Crippen LogP contribution >= 0.6 is 11.6 Å². The van der Waals surface area contributed by atoms with Gasteiger partial charge in [0.2, 0.25) is 0 Å². The molecule has 2 N–H and O–H groups in total. The number of rotatable bonds is 2. The van der Waals surface area contributed by atoms with Gasteiger partial charge in [0.05, 0.1) is 5.02 Å². The Morgan fingerprint density at radius 3 is 2.71 bits per heavy atom. The lowest BCUT2D eigenvalue weighted by Gasteiger charge is -2.32. The molecule has 1 aliphatic carbocycles. The van der Waals surface area contributed by atoms with Gasteiger partial charge in [0.15, 0.2) is 0 Å². The van der Waals surface area contributed by atoms with Gasteiger partial charge < -0.3 is 10.5 Å². The molecule has 1 aliphatic rings. The number of nitrogens with two attached hydrogens (primary N) is 1. The predicted octanol–water partition coefficient (Wildman–Crippen LogP) is 2.35. The highest BCUT2D eigenvalue weighted by Gasteiger charge is 2.28. The summed E-state index contributed by atoms with van der Waals surface area (Å²) in [5.74, 6) is 0.178. The molecule has 2 rings (SSSR count). The Morgan fingerprint density at radius 1 is 1.43 bits per heavy atom. The predicted molar refractivity (Wildman–Crippen MR) is 53.0 cm³/mol. The highest BCUT2D eigenvalue weighted by molar-refractivity contribution is 6.32. The van der Waals surface area contributed by atoms with E-state index < -0.39 is 0 Å². The topological polar surface area (TPSA) is 35.2 Å². The Bertz CT molecular complexity index is 339. The first-order chi connectivity index (χ1) is 6.65. The summed E-state index contributed by atoms with van der Waals surface area (Å²) in [4.78, 5) is 0. The molecule has 76 valence electrons.